The molecular formula is C12H15BrFN3. The van der Waals surface area contributed by atoms with Crippen LogP contribution in [0.1, 0.15) is 12.5 Å². The van der Waals surface area contributed by atoms with Gasteiger partial charge in [-0.1, -0.05) is 6.92 Å². The van der Waals surface area contributed by atoms with E-state index in [1.807, 2.05) is 13.1 Å². The van der Waals surface area contributed by atoms with Crippen LogP contribution in [0.4, 0.5) is 10.1 Å². The molecule has 0 bridgehead atoms. The van der Waals surface area contributed by atoms with Crippen LogP contribution in [0.3, 0.4) is 0 Å². The lowest BCUT2D eigenvalue weighted by atomic mass is 10.1. The molecule has 0 spiro atoms. The maximum absolute atomic E-state index is 13.8. The summed E-state index contributed by atoms with van der Waals surface area (Å²) in [6.45, 7) is 3.61. The van der Waals surface area contributed by atoms with Gasteiger partial charge in [0.2, 0.25) is 0 Å². The van der Waals surface area contributed by atoms with Crippen LogP contribution in [0.25, 0.3) is 0 Å². The topological polar surface area (TPSA) is 47.8 Å². The van der Waals surface area contributed by atoms with E-state index in [1.165, 1.54) is 0 Å². The average molecular weight is 300 g/mol. The molecule has 0 aliphatic carbocycles. The Hall–Kier alpha value is -1.12. The number of hydrogen-bond acceptors (Lipinski definition) is 3. The smallest absolute Gasteiger partial charge is 0.161 e. The molecule has 0 radical (unpaired) electrons. The Morgan fingerprint density at radius 1 is 1.47 bits per heavy atom. The minimum Gasteiger partial charge on any atom is -0.382 e. The molecule has 3 nitrogen and oxygen atoms in total. The Labute approximate surface area is 109 Å². The third-order valence-electron chi connectivity index (χ3n) is 2.40. The van der Waals surface area contributed by atoms with Crippen molar-refractivity contribution in [2.75, 3.05) is 25.5 Å². The zero-order chi connectivity index (χ0) is 12.8. The number of nitrogens with one attached hydrogen (secondary N) is 2. The van der Waals surface area contributed by atoms with Crippen LogP contribution in [0.15, 0.2) is 16.6 Å². The molecular weight excluding hydrogens is 285 g/mol. The molecule has 0 amide bonds. The molecule has 0 aliphatic heterocycles. The van der Waals surface area contributed by atoms with Gasteiger partial charge in [0.05, 0.1) is 15.7 Å². The van der Waals surface area contributed by atoms with Crippen molar-refractivity contribution in [3.05, 3.63) is 28.0 Å². The zero-order valence-corrected chi connectivity index (χ0v) is 11.4. The molecule has 1 aromatic carbocycles. The highest BCUT2D eigenvalue weighted by Crippen LogP contribution is 2.26. The van der Waals surface area contributed by atoms with Gasteiger partial charge >= 0.3 is 0 Å². The van der Waals surface area contributed by atoms with Gasteiger partial charge in [-0.15, -0.1) is 0 Å². The Morgan fingerprint density at radius 2 is 2.18 bits per heavy atom. The standard InChI is InChI=1S/C12H15BrFN3/c1-8(6-16-2)7-17-10-4-3-9(5-15)11(13)12(10)14/h3-4,8,16-17H,6-7H2,1-2H3. The molecule has 1 unspecified atom stereocenters. The van der Waals surface area contributed by atoms with Crippen LogP contribution in [0.2, 0.25) is 0 Å². The fourth-order valence-electron chi connectivity index (χ4n) is 1.48. The maximum Gasteiger partial charge on any atom is 0.161 e. The summed E-state index contributed by atoms with van der Waals surface area (Å²) in [5, 5.41) is 14.8. The molecule has 1 atom stereocenters. The summed E-state index contributed by atoms with van der Waals surface area (Å²) >= 11 is 3.08. The fourth-order valence-corrected chi connectivity index (χ4v) is 1.91. The minimum absolute atomic E-state index is 0.214. The van der Waals surface area contributed by atoms with Crippen LogP contribution in [-0.2, 0) is 0 Å². The fraction of sp³-hybridized carbons (Fsp3) is 0.417. The Balaban J connectivity index is 2.73. The number of benzene rings is 1. The van der Waals surface area contributed by atoms with E-state index in [-0.39, 0.29) is 4.47 Å². The highest BCUT2D eigenvalue weighted by molar-refractivity contribution is 9.10. The first-order chi connectivity index (χ1) is 8.10. The number of nitrogens with zero attached hydrogens (tertiary/aromatic N) is 1. The van der Waals surface area contributed by atoms with E-state index >= 15 is 0 Å². The Kier molecular flexibility index (Phi) is 5.39. The van der Waals surface area contributed by atoms with Gasteiger partial charge in [-0.3, -0.25) is 0 Å². The normalized spacial score (nSPS) is 11.9. The third-order valence-corrected chi connectivity index (χ3v) is 3.17. The summed E-state index contributed by atoms with van der Waals surface area (Å²) in [5.74, 6) is -0.0190. The summed E-state index contributed by atoms with van der Waals surface area (Å²) in [7, 11) is 1.88. The molecule has 0 aromatic heterocycles. The molecule has 2 N–H and O–H groups in total. The minimum atomic E-state index is -0.416. The van der Waals surface area contributed by atoms with Crippen molar-refractivity contribution in [2.24, 2.45) is 5.92 Å². The van der Waals surface area contributed by atoms with Crippen molar-refractivity contribution in [3.8, 4) is 6.07 Å². The van der Waals surface area contributed by atoms with Crippen molar-refractivity contribution in [3.63, 3.8) is 0 Å². The van der Waals surface area contributed by atoms with Crippen LogP contribution >= 0.6 is 15.9 Å². The second-order valence-corrected chi connectivity index (χ2v) is 4.74. The van der Waals surface area contributed by atoms with Gasteiger partial charge in [0.1, 0.15) is 6.07 Å². The molecule has 5 heteroatoms. The van der Waals surface area contributed by atoms with E-state index in [0.717, 1.165) is 6.54 Å². The van der Waals surface area contributed by atoms with Crippen LogP contribution in [0.5, 0.6) is 0 Å². The van der Waals surface area contributed by atoms with E-state index < -0.39 is 5.82 Å². The first-order valence-corrected chi connectivity index (χ1v) is 6.16. The third kappa shape index (κ3) is 3.69. The van der Waals surface area contributed by atoms with Crippen LogP contribution in [-0.4, -0.2) is 20.1 Å². The van der Waals surface area contributed by atoms with Gasteiger partial charge in [0, 0.05) is 6.54 Å². The lowest BCUT2D eigenvalue weighted by molar-refractivity contribution is 0.565. The number of halogens is 2. The van der Waals surface area contributed by atoms with E-state index in [0.29, 0.717) is 23.7 Å². The number of hydrogen-bond donors (Lipinski definition) is 2. The molecule has 0 saturated heterocycles. The summed E-state index contributed by atoms with van der Waals surface area (Å²) in [5.41, 5.74) is 0.718. The Bertz CT molecular complexity index is 428. The number of anilines is 1. The Morgan fingerprint density at radius 3 is 2.76 bits per heavy atom. The second kappa shape index (κ2) is 6.58. The molecule has 0 fully saturated rings. The SMILES string of the molecule is CNCC(C)CNc1ccc(C#N)c(Br)c1F. The number of rotatable bonds is 5. The highest BCUT2D eigenvalue weighted by Gasteiger charge is 2.11. The second-order valence-electron chi connectivity index (χ2n) is 3.94. The molecule has 17 heavy (non-hydrogen) atoms. The van der Waals surface area contributed by atoms with Crippen molar-refractivity contribution in [1.82, 2.24) is 5.32 Å². The average Bonchev–Trinajstić information content (AvgIpc) is 2.31. The van der Waals surface area contributed by atoms with E-state index in [4.69, 9.17) is 5.26 Å². The highest BCUT2D eigenvalue weighted by atomic mass is 79.9. The van der Waals surface area contributed by atoms with Gasteiger partial charge in [-0.25, -0.2) is 4.39 Å². The monoisotopic (exact) mass is 299 g/mol. The van der Waals surface area contributed by atoms with Crippen molar-refractivity contribution < 1.29 is 4.39 Å². The van der Waals surface area contributed by atoms with Crippen molar-refractivity contribution >= 4 is 21.6 Å². The first-order valence-electron chi connectivity index (χ1n) is 5.36. The number of nitriles is 1. The predicted octanol–water partition coefficient (Wildman–Crippen LogP) is 2.73. The summed E-state index contributed by atoms with van der Waals surface area (Å²) in [6.07, 6.45) is 0. The van der Waals surface area contributed by atoms with Crippen molar-refractivity contribution in [2.45, 2.75) is 6.92 Å². The quantitative estimate of drug-likeness (QED) is 0.879. The first kappa shape index (κ1) is 13.9. The van der Waals surface area contributed by atoms with Gasteiger partial charge in [0.15, 0.2) is 5.82 Å². The van der Waals surface area contributed by atoms with Gasteiger partial charge in [0.25, 0.3) is 0 Å². The van der Waals surface area contributed by atoms with E-state index in [9.17, 15) is 4.39 Å². The summed E-state index contributed by atoms with van der Waals surface area (Å²) in [4.78, 5) is 0. The zero-order valence-electron chi connectivity index (χ0n) is 9.85. The molecule has 1 aromatic rings. The lowest BCUT2D eigenvalue weighted by Crippen LogP contribution is -2.23. The lowest BCUT2D eigenvalue weighted by Gasteiger charge is -2.14. The van der Waals surface area contributed by atoms with Gasteiger partial charge in [-0.05, 0) is 47.6 Å². The van der Waals surface area contributed by atoms with Crippen LogP contribution in [0, 0.1) is 23.1 Å². The molecule has 1 rings (SSSR count). The van der Waals surface area contributed by atoms with Crippen LogP contribution < -0.4 is 10.6 Å². The molecule has 0 heterocycles. The summed E-state index contributed by atoms with van der Waals surface area (Å²) < 4.78 is 14.0. The maximum atomic E-state index is 13.8. The van der Waals surface area contributed by atoms with Crippen molar-refractivity contribution in [1.29, 1.82) is 5.26 Å². The molecule has 0 saturated carbocycles. The van der Waals surface area contributed by atoms with Gasteiger partial charge in [-0.2, -0.15) is 5.26 Å². The van der Waals surface area contributed by atoms with Gasteiger partial charge < -0.3 is 10.6 Å². The molecule has 92 valence electrons. The molecule has 0 aliphatic rings. The predicted molar refractivity (Wildman–Crippen MR) is 70.4 cm³/mol. The van der Waals surface area contributed by atoms with E-state index in [1.54, 1.807) is 12.1 Å². The largest absolute Gasteiger partial charge is 0.382 e. The summed E-state index contributed by atoms with van der Waals surface area (Å²) in [6, 6.07) is 5.11. The van der Waals surface area contributed by atoms with E-state index in [2.05, 4.69) is 33.5 Å².